The Balaban J connectivity index is 2.63. The molecule has 1 aromatic heterocycles. The Labute approximate surface area is 114 Å². The Morgan fingerprint density at radius 1 is 1.37 bits per heavy atom. The van der Waals surface area contributed by atoms with Crippen molar-refractivity contribution >= 4 is 16.7 Å². The summed E-state index contributed by atoms with van der Waals surface area (Å²) < 4.78 is 2.18. The summed E-state index contributed by atoms with van der Waals surface area (Å²) in [7, 11) is 0. The van der Waals surface area contributed by atoms with E-state index in [0.29, 0.717) is 11.7 Å². The molecule has 0 saturated carbocycles. The monoisotopic (exact) mass is 261 g/mol. The maximum Gasteiger partial charge on any atom is 0.138 e. The number of aliphatic hydroxyl groups excluding tert-OH is 1. The van der Waals surface area contributed by atoms with Crippen LogP contribution in [-0.4, -0.2) is 14.7 Å². The van der Waals surface area contributed by atoms with E-state index in [2.05, 4.69) is 23.4 Å². The first-order valence-corrected chi connectivity index (χ1v) is 7.03. The number of aromatic nitrogens is 2. The van der Waals surface area contributed by atoms with Crippen molar-refractivity contribution in [3.8, 4) is 0 Å². The minimum absolute atomic E-state index is 0.378. The van der Waals surface area contributed by atoms with Crippen molar-refractivity contribution in [1.29, 1.82) is 0 Å². The molecule has 0 fully saturated rings. The van der Waals surface area contributed by atoms with Gasteiger partial charge in [-0.1, -0.05) is 20.3 Å². The zero-order valence-electron chi connectivity index (χ0n) is 11.9. The molecule has 4 heteroatoms. The van der Waals surface area contributed by atoms with Gasteiger partial charge < -0.3 is 15.4 Å². The van der Waals surface area contributed by atoms with Gasteiger partial charge in [-0.15, -0.1) is 0 Å². The largest absolute Gasteiger partial charge is 0.399 e. The van der Waals surface area contributed by atoms with Crippen molar-refractivity contribution in [2.24, 2.45) is 0 Å². The van der Waals surface area contributed by atoms with Gasteiger partial charge in [0, 0.05) is 11.7 Å². The minimum atomic E-state index is -0.570. The molecule has 2 aromatic rings. The molecular formula is C15H23N3O. The summed E-state index contributed by atoms with van der Waals surface area (Å²) in [5.74, 6) is 0.737. The van der Waals surface area contributed by atoms with Gasteiger partial charge in [-0.25, -0.2) is 4.98 Å². The van der Waals surface area contributed by atoms with Crippen LogP contribution < -0.4 is 5.73 Å². The van der Waals surface area contributed by atoms with Gasteiger partial charge in [0.15, 0.2) is 0 Å². The maximum absolute atomic E-state index is 9.97. The molecule has 3 N–H and O–H groups in total. The quantitative estimate of drug-likeness (QED) is 0.810. The molecule has 4 nitrogen and oxygen atoms in total. The Morgan fingerprint density at radius 2 is 2.11 bits per heavy atom. The number of fused-ring (bicyclic) bond motifs is 1. The van der Waals surface area contributed by atoms with Gasteiger partial charge in [-0.05, 0) is 38.0 Å². The van der Waals surface area contributed by atoms with Gasteiger partial charge in [0.25, 0.3) is 0 Å². The molecular weight excluding hydrogens is 238 g/mol. The predicted molar refractivity (Wildman–Crippen MR) is 79.0 cm³/mol. The molecule has 0 spiro atoms. The van der Waals surface area contributed by atoms with Crippen molar-refractivity contribution in [2.75, 3.05) is 5.73 Å². The van der Waals surface area contributed by atoms with Crippen molar-refractivity contribution < 1.29 is 5.11 Å². The molecule has 1 heterocycles. The molecule has 0 aliphatic carbocycles. The second kappa shape index (κ2) is 5.61. The van der Waals surface area contributed by atoms with Crippen LogP contribution in [0.3, 0.4) is 0 Å². The molecule has 0 aliphatic heterocycles. The Hall–Kier alpha value is -1.55. The first kappa shape index (κ1) is 13.9. The third-order valence-corrected chi connectivity index (χ3v) is 3.57. The summed E-state index contributed by atoms with van der Waals surface area (Å²) in [6, 6.07) is 6.15. The molecule has 0 aliphatic rings. The second-order valence-electron chi connectivity index (χ2n) is 5.11. The smallest absolute Gasteiger partial charge is 0.138 e. The summed E-state index contributed by atoms with van der Waals surface area (Å²) in [5, 5.41) is 9.97. The predicted octanol–water partition coefficient (Wildman–Crippen LogP) is 3.42. The highest BCUT2D eigenvalue weighted by Crippen LogP contribution is 2.30. The molecule has 2 rings (SSSR count). The van der Waals surface area contributed by atoms with Crippen molar-refractivity contribution in [3.63, 3.8) is 0 Å². The molecule has 2 unspecified atom stereocenters. The van der Waals surface area contributed by atoms with Gasteiger partial charge in [-0.3, -0.25) is 0 Å². The van der Waals surface area contributed by atoms with Gasteiger partial charge in [0.05, 0.1) is 11.0 Å². The minimum Gasteiger partial charge on any atom is -0.399 e. The van der Waals surface area contributed by atoms with Crippen LogP contribution in [0, 0.1) is 0 Å². The van der Waals surface area contributed by atoms with Crippen molar-refractivity contribution in [1.82, 2.24) is 9.55 Å². The van der Waals surface area contributed by atoms with E-state index >= 15 is 0 Å². The number of benzene rings is 1. The fraction of sp³-hybridized carbons (Fsp3) is 0.533. The number of rotatable bonds is 5. The topological polar surface area (TPSA) is 64.1 Å². The fourth-order valence-electron chi connectivity index (χ4n) is 2.66. The number of hydrogen-bond acceptors (Lipinski definition) is 3. The van der Waals surface area contributed by atoms with Crippen LogP contribution in [0.25, 0.3) is 11.0 Å². The molecule has 0 amide bonds. The van der Waals surface area contributed by atoms with Gasteiger partial charge in [-0.2, -0.15) is 0 Å². The lowest BCUT2D eigenvalue weighted by atomic mass is 10.1. The van der Waals surface area contributed by atoms with Crippen LogP contribution in [0.1, 0.15) is 58.0 Å². The molecule has 1 aromatic carbocycles. The van der Waals surface area contributed by atoms with Crippen LogP contribution in [0.2, 0.25) is 0 Å². The molecule has 104 valence electrons. The normalized spacial score (nSPS) is 14.7. The van der Waals surface area contributed by atoms with Gasteiger partial charge in [0.1, 0.15) is 11.9 Å². The highest BCUT2D eigenvalue weighted by molar-refractivity contribution is 5.80. The van der Waals surface area contributed by atoms with E-state index in [9.17, 15) is 5.11 Å². The Kier molecular flexibility index (Phi) is 4.10. The van der Waals surface area contributed by atoms with E-state index in [1.54, 1.807) is 6.92 Å². The van der Waals surface area contributed by atoms with E-state index in [1.165, 1.54) is 0 Å². The number of nitrogen functional groups attached to an aromatic ring is 1. The van der Waals surface area contributed by atoms with E-state index in [-0.39, 0.29) is 0 Å². The van der Waals surface area contributed by atoms with Crippen LogP contribution in [-0.2, 0) is 0 Å². The third kappa shape index (κ3) is 2.59. The van der Waals surface area contributed by atoms with E-state index < -0.39 is 6.10 Å². The van der Waals surface area contributed by atoms with Gasteiger partial charge >= 0.3 is 0 Å². The highest BCUT2D eigenvalue weighted by atomic mass is 16.3. The van der Waals surface area contributed by atoms with Crippen molar-refractivity contribution in [2.45, 2.75) is 52.2 Å². The lowest BCUT2D eigenvalue weighted by Gasteiger charge is -2.21. The zero-order chi connectivity index (χ0) is 14.0. The average molecular weight is 261 g/mol. The fourth-order valence-corrected chi connectivity index (χ4v) is 2.66. The first-order valence-electron chi connectivity index (χ1n) is 7.03. The van der Waals surface area contributed by atoms with Crippen LogP contribution in [0.4, 0.5) is 5.69 Å². The molecule has 0 radical (unpaired) electrons. The maximum atomic E-state index is 9.97. The zero-order valence-corrected chi connectivity index (χ0v) is 11.9. The first-order chi connectivity index (χ1) is 9.08. The SMILES string of the molecule is CCCC(CC)n1c(C(C)O)nc2cc(N)ccc21. The lowest BCUT2D eigenvalue weighted by Crippen LogP contribution is -2.13. The number of anilines is 1. The molecule has 0 saturated heterocycles. The number of imidazole rings is 1. The molecule has 19 heavy (non-hydrogen) atoms. The number of nitrogens with two attached hydrogens (primary N) is 1. The standard InChI is InChI=1S/C15H23N3O/c1-4-6-12(5-2)18-14-8-7-11(16)9-13(14)17-15(18)10(3)19/h7-10,12,19H,4-6,16H2,1-3H3. The summed E-state index contributed by atoms with van der Waals surface area (Å²) in [6.45, 7) is 6.12. The van der Waals surface area contributed by atoms with E-state index in [4.69, 9.17) is 5.73 Å². The third-order valence-electron chi connectivity index (χ3n) is 3.57. The van der Waals surface area contributed by atoms with Crippen LogP contribution in [0.15, 0.2) is 18.2 Å². The lowest BCUT2D eigenvalue weighted by molar-refractivity contribution is 0.180. The van der Waals surface area contributed by atoms with Crippen LogP contribution in [0.5, 0.6) is 0 Å². The Morgan fingerprint density at radius 3 is 2.68 bits per heavy atom. The number of aliphatic hydroxyl groups is 1. The molecule has 0 bridgehead atoms. The summed E-state index contributed by atoms with van der Waals surface area (Å²) >= 11 is 0. The molecule has 2 atom stereocenters. The summed E-state index contributed by atoms with van der Waals surface area (Å²) in [6.07, 6.45) is 2.67. The van der Waals surface area contributed by atoms with Gasteiger partial charge in [0.2, 0.25) is 0 Å². The average Bonchev–Trinajstić information content (AvgIpc) is 2.74. The summed E-state index contributed by atoms with van der Waals surface area (Å²) in [5.41, 5.74) is 8.45. The van der Waals surface area contributed by atoms with Crippen molar-refractivity contribution in [3.05, 3.63) is 24.0 Å². The number of hydrogen-bond donors (Lipinski definition) is 2. The highest BCUT2D eigenvalue weighted by Gasteiger charge is 2.20. The summed E-state index contributed by atoms with van der Waals surface area (Å²) in [4.78, 5) is 4.56. The number of nitrogens with zero attached hydrogens (tertiary/aromatic N) is 2. The Bertz CT molecular complexity index is 560. The van der Waals surface area contributed by atoms with E-state index in [0.717, 1.165) is 36.1 Å². The second-order valence-corrected chi connectivity index (χ2v) is 5.11. The van der Waals surface area contributed by atoms with E-state index in [1.807, 2.05) is 18.2 Å². The van der Waals surface area contributed by atoms with Crippen LogP contribution >= 0.6 is 0 Å².